The lowest BCUT2D eigenvalue weighted by atomic mass is 10.0. The monoisotopic (exact) mass is 848 g/mol. The topological polar surface area (TPSA) is 160 Å². The molecule has 0 aliphatic carbocycles. The first-order valence-electron chi connectivity index (χ1n) is 16.6. The largest absolute Gasteiger partial charge is 0.483 e. The molecule has 23 heteroatoms. The Morgan fingerprint density at radius 2 is 1.43 bits per heavy atom. The highest BCUT2D eigenvalue weighted by Gasteiger charge is 2.54. The van der Waals surface area contributed by atoms with Gasteiger partial charge in [-0.2, -0.15) is 44.5 Å². The third kappa shape index (κ3) is 13.9. The van der Waals surface area contributed by atoms with E-state index in [0.717, 1.165) is 48.6 Å². The van der Waals surface area contributed by atoms with Gasteiger partial charge in [0.05, 0.1) is 18.1 Å². The molecule has 0 spiro atoms. The molecule has 1 saturated heterocycles. The molecule has 1 aromatic carbocycles. The van der Waals surface area contributed by atoms with Crippen molar-refractivity contribution in [2.75, 3.05) is 43.4 Å². The minimum Gasteiger partial charge on any atom is -0.483 e. The van der Waals surface area contributed by atoms with Gasteiger partial charge in [-0.15, -0.1) is 0 Å². The number of nitrogens with one attached hydrogen (secondary N) is 2. The molecule has 0 unspecified atom stereocenters. The Balaban J connectivity index is 0.000000346. The van der Waals surface area contributed by atoms with E-state index >= 15 is 0 Å². The third-order valence-corrected chi connectivity index (χ3v) is 8.16. The smallest absolute Gasteiger partial charge is 0.458 e. The number of halogens is 10. The number of fused-ring (bicyclic) bond motifs is 6. The number of hydrogen-bond acceptors (Lipinski definition) is 12. The summed E-state index contributed by atoms with van der Waals surface area (Å²) in [7, 11) is 0. The van der Waals surface area contributed by atoms with Crippen LogP contribution in [0, 0.1) is 0 Å². The fraction of sp³-hybridized carbons (Fsp3) is 0.314. The van der Waals surface area contributed by atoms with Crippen molar-refractivity contribution in [3.63, 3.8) is 0 Å². The van der Waals surface area contributed by atoms with Gasteiger partial charge in [0.15, 0.2) is 12.4 Å². The van der Waals surface area contributed by atoms with Crippen LogP contribution in [0.15, 0.2) is 67.4 Å². The van der Waals surface area contributed by atoms with Crippen LogP contribution in [0.1, 0.15) is 16.7 Å². The number of ketones is 2. The van der Waals surface area contributed by atoms with Gasteiger partial charge in [0.25, 0.3) is 5.91 Å². The zero-order valence-electron chi connectivity index (χ0n) is 29.6. The van der Waals surface area contributed by atoms with Crippen molar-refractivity contribution in [2.45, 2.75) is 37.9 Å². The molecule has 3 aromatic heterocycles. The molecule has 6 rings (SSSR count). The SMILES string of the molecule is O=C(C(=O)C(F)(F)F)C(F)(F)F.O=C(COc1ccc2cc1CCc1cncc(c1)Nc1ncc(Cl)c(n1)N2)N1CCN(Cc2ccncc2)CC1.O=CC(F)(F)F. The Morgan fingerprint density at radius 3 is 2.03 bits per heavy atom. The normalized spacial score (nSPS) is 14.2. The Morgan fingerprint density at radius 1 is 0.793 bits per heavy atom. The number of rotatable bonds is 6. The highest BCUT2D eigenvalue weighted by Crippen LogP contribution is 2.30. The lowest BCUT2D eigenvalue weighted by Gasteiger charge is -2.34. The maximum Gasteiger partial charge on any atom is 0.458 e. The van der Waals surface area contributed by atoms with Crippen LogP contribution in [0.2, 0.25) is 5.02 Å². The molecule has 13 nitrogen and oxygen atoms in total. The van der Waals surface area contributed by atoms with Crippen molar-refractivity contribution in [1.82, 2.24) is 29.7 Å². The van der Waals surface area contributed by atoms with Crippen LogP contribution in [-0.2, 0) is 38.6 Å². The first kappa shape index (κ1) is 44.8. The van der Waals surface area contributed by atoms with E-state index in [9.17, 15) is 53.9 Å². The molecule has 1 fully saturated rings. The van der Waals surface area contributed by atoms with E-state index in [1.165, 1.54) is 5.56 Å². The Kier molecular flexibility index (Phi) is 15.1. The Labute approximate surface area is 327 Å². The van der Waals surface area contributed by atoms with Crippen molar-refractivity contribution < 1.29 is 63.4 Å². The number of aromatic nitrogens is 4. The number of hydrogen-bond donors (Lipinski definition) is 2. The van der Waals surface area contributed by atoms with Crippen LogP contribution >= 0.6 is 11.6 Å². The molecule has 58 heavy (non-hydrogen) atoms. The average molecular weight is 849 g/mol. The summed E-state index contributed by atoms with van der Waals surface area (Å²) in [5.74, 6) is -5.24. The van der Waals surface area contributed by atoms with Crippen molar-refractivity contribution in [1.29, 1.82) is 0 Å². The van der Waals surface area contributed by atoms with Gasteiger partial charge in [-0.25, -0.2) is 4.98 Å². The fourth-order valence-corrected chi connectivity index (χ4v) is 5.27. The van der Waals surface area contributed by atoms with Crippen molar-refractivity contribution in [2.24, 2.45) is 0 Å². The number of aryl methyl sites for hydroxylation is 2. The molecule has 0 atom stereocenters. The highest BCUT2D eigenvalue weighted by atomic mass is 35.5. The van der Waals surface area contributed by atoms with Crippen LogP contribution in [0.25, 0.3) is 0 Å². The van der Waals surface area contributed by atoms with Crippen LogP contribution in [-0.4, -0.2) is 105 Å². The molecule has 2 N–H and O–H groups in total. The molecule has 2 aliphatic rings. The maximum atomic E-state index is 13.0. The van der Waals surface area contributed by atoms with Crippen molar-refractivity contribution >= 4 is 58.5 Å². The number of ether oxygens (including phenoxy) is 1. The van der Waals surface area contributed by atoms with Crippen LogP contribution < -0.4 is 15.4 Å². The van der Waals surface area contributed by atoms with Crippen LogP contribution in [0.5, 0.6) is 5.75 Å². The van der Waals surface area contributed by atoms with Crippen molar-refractivity contribution in [3.8, 4) is 5.75 Å². The predicted octanol–water partition coefficient (Wildman–Crippen LogP) is 6.23. The predicted molar refractivity (Wildman–Crippen MR) is 188 cm³/mol. The minimum atomic E-state index is -5.77. The van der Waals surface area contributed by atoms with E-state index in [4.69, 9.17) is 21.1 Å². The van der Waals surface area contributed by atoms with Gasteiger partial charge in [-0.1, -0.05) is 11.6 Å². The number of pyridine rings is 2. The number of carbonyl (C=O) groups excluding carboxylic acids is 4. The summed E-state index contributed by atoms with van der Waals surface area (Å²) in [5, 5.41) is 6.88. The quantitative estimate of drug-likeness (QED) is 0.128. The number of amides is 1. The van der Waals surface area contributed by atoms with Gasteiger partial charge < -0.3 is 20.3 Å². The molecular formula is C35H30ClF9N8O5. The molecule has 4 aromatic rings. The summed E-state index contributed by atoms with van der Waals surface area (Å²) in [6.07, 6.45) is -7.04. The minimum absolute atomic E-state index is 0.00775. The first-order chi connectivity index (χ1) is 27.2. The standard InChI is InChI=1S/C29H29ClN8O2.C4F6O2.C2HF3O/c30-25-17-33-29-35-24-13-21(15-32-16-24)1-2-22-14-23(34-28(25)36-29)3-4-26(22)40-19-27(39)38-11-9-37(10-12-38)18-20-5-7-31-8-6-20;5-3(6,7)1(11)2(12)4(8,9)10;3-2(4,5)1-6/h3-8,13-17H,1-2,9-12,18-19H2,(H2,33,34,35,36);;1H. The van der Waals surface area contributed by atoms with Gasteiger partial charge in [0.1, 0.15) is 10.8 Å². The number of nitrogens with zero attached hydrogens (tertiary/aromatic N) is 6. The Hall–Kier alpha value is -5.90. The summed E-state index contributed by atoms with van der Waals surface area (Å²) in [6, 6.07) is 11.9. The first-order valence-corrected chi connectivity index (χ1v) is 17.0. The van der Waals surface area contributed by atoms with E-state index in [1.807, 2.05) is 59.9 Å². The molecule has 5 heterocycles. The van der Waals surface area contributed by atoms with Gasteiger partial charge in [-0.3, -0.25) is 34.0 Å². The number of anilines is 4. The second-order valence-corrected chi connectivity index (χ2v) is 12.6. The fourth-order valence-electron chi connectivity index (χ4n) is 5.14. The highest BCUT2D eigenvalue weighted by molar-refractivity contribution is 6.41. The van der Waals surface area contributed by atoms with Gasteiger partial charge in [0.2, 0.25) is 12.2 Å². The number of alkyl halides is 9. The number of benzene rings is 1. The Bertz CT molecular complexity index is 2040. The van der Waals surface area contributed by atoms with Gasteiger partial charge >= 0.3 is 30.1 Å². The zero-order valence-corrected chi connectivity index (χ0v) is 30.3. The number of aldehydes is 1. The van der Waals surface area contributed by atoms with Gasteiger partial charge in [0, 0.05) is 57.0 Å². The maximum absolute atomic E-state index is 13.0. The molecule has 6 bridgehead atoms. The summed E-state index contributed by atoms with van der Waals surface area (Å²) in [6.45, 7) is 3.88. The molecule has 2 aliphatic heterocycles. The number of Topliss-reactive ketones (excluding diaryl/α,β-unsaturated/α-hetero) is 2. The van der Waals surface area contributed by atoms with Gasteiger partial charge in [-0.05, 0) is 65.9 Å². The lowest BCUT2D eigenvalue weighted by molar-refractivity contribution is -0.193. The van der Waals surface area contributed by atoms with Crippen LogP contribution in [0.3, 0.4) is 0 Å². The molecule has 0 saturated carbocycles. The van der Waals surface area contributed by atoms with E-state index in [2.05, 4.69) is 35.5 Å². The van der Waals surface area contributed by atoms with E-state index in [1.54, 1.807) is 12.4 Å². The number of carbonyl (C=O) groups is 4. The van der Waals surface area contributed by atoms with E-state index in [0.29, 0.717) is 42.0 Å². The molecule has 1 amide bonds. The zero-order chi connectivity index (χ0) is 42.7. The molecular weight excluding hydrogens is 819 g/mol. The lowest BCUT2D eigenvalue weighted by Crippen LogP contribution is -2.49. The molecule has 0 radical (unpaired) electrons. The van der Waals surface area contributed by atoms with Crippen LogP contribution in [0.4, 0.5) is 62.7 Å². The van der Waals surface area contributed by atoms with Crippen molar-refractivity contribution in [3.05, 3.63) is 89.1 Å². The summed E-state index contributed by atoms with van der Waals surface area (Å²) < 4.78 is 104. The van der Waals surface area contributed by atoms with E-state index in [-0.39, 0.29) is 12.5 Å². The summed E-state index contributed by atoms with van der Waals surface area (Å²) >= 11 is 6.37. The van der Waals surface area contributed by atoms with E-state index < -0.39 is 36.4 Å². The second-order valence-electron chi connectivity index (χ2n) is 12.2. The average Bonchev–Trinajstić information content (AvgIpc) is 3.18. The number of piperazine rings is 1. The third-order valence-electron chi connectivity index (χ3n) is 7.89. The molecule has 310 valence electrons. The summed E-state index contributed by atoms with van der Waals surface area (Å²) in [5.41, 5.74) is 4.87. The second kappa shape index (κ2) is 19.5. The summed E-state index contributed by atoms with van der Waals surface area (Å²) in [4.78, 5) is 62.4.